The number of aliphatic hydroxyl groups excluding tert-OH is 1. The highest BCUT2D eigenvalue weighted by molar-refractivity contribution is 5.47. The summed E-state index contributed by atoms with van der Waals surface area (Å²) in [6.07, 6.45) is 1.74. The molecule has 0 saturated heterocycles. The average molecular weight is 269 g/mol. The van der Waals surface area contributed by atoms with Gasteiger partial charge in [-0.1, -0.05) is 42.0 Å². The Balaban J connectivity index is 2.03. The van der Waals surface area contributed by atoms with E-state index in [0.717, 1.165) is 18.5 Å². The molecule has 2 aromatic rings. The molecular weight excluding hydrogens is 246 g/mol. The molecule has 0 radical (unpaired) electrons. The summed E-state index contributed by atoms with van der Waals surface area (Å²) in [4.78, 5) is 0. The fourth-order valence-corrected chi connectivity index (χ4v) is 2.29. The maximum absolute atomic E-state index is 8.90. The van der Waals surface area contributed by atoms with E-state index in [1.54, 1.807) is 0 Å². The van der Waals surface area contributed by atoms with Crippen molar-refractivity contribution in [3.8, 4) is 0 Å². The quantitative estimate of drug-likeness (QED) is 0.827. The first kappa shape index (κ1) is 14.6. The van der Waals surface area contributed by atoms with Crippen LogP contribution < -0.4 is 5.32 Å². The van der Waals surface area contributed by atoms with E-state index >= 15 is 0 Å². The van der Waals surface area contributed by atoms with Crippen molar-refractivity contribution >= 4 is 5.69 Å². The van der Waals surface area contributed by atoms with Crippen LogP contribution in [0.15, 0.2) is 48.5 Å². The molecule has 0 aliphatic rings. The van der Waals surface area contributed by atoms with Gasteiger partial charge in [-0.15, -0.1) is 0 Å². The van der Waals surface area contributed by atoms with E-state index in [-0.39, 0.29) is 12.6 Å². The minimum absolute atomic E-state index is 0.247. The third kappa shape index (κ3) is 4.10. The van der Waals surface area contributed by atoms with Crippen LogP contribution in [-0.2, 0) is 6.42 Å². The minimum Gasteiger partial charge on any atom is -0.396 e. The van der Waals surface area contributed by atoms with E-state index in [0.29, 0.717) is 0 Å². The number of hydrogen-bond donors (Lipinski definition) is 2. The molecule has 0 aliphatic heterocycles. The van der Waals surface area contributed by atoms with Crippen LogP contribution in [0.4, 0.5) is 5.69 Å². The van der Waals surface area contributed by atoms with Crippen molar-refractivity contribution in [2.45, 2.75) is 32.7 Å². The number of aliphatic hydroxyl groups is 1. The predicted molar refractivity (Wildman–Crippen MR) is 85.1 cm³/mol. The monoisotopic (exact) mass is 269 g/mol. The molecule has 20 heavy (non-hydrogen) atoms. The first-order chi connectivity index (χ1) is 9.69. The van der Waals surface area contributed by atoms with Crippen molar-refractivity contribution in [3.63, 3.8) is 0 Å². The Kier molecular flexibility index (Phi) is 5.19. The van der Waals surface area contributed by atoms with Crippen LogP contribution in [0, 0.1) is 6.92 Å². The number of hydrogen-bond acceptors (Lipinski definition) is 2. The van der Waals surface area contributed by atoms with Gasteiger partial charge in [0.2, 0.25) is 0 Å². The molecule has 2 N–H and O–H groups in total. The standard InChI is InChI=1S/C18H23NO/c1-14-8-10-17(11-9-14)15(2)19-18-7-3-5-16(13-18)6-4-12-20/h3,5,7-11,13,15,19-20H,4,6,12H2,1-2H3. The number of anilines is 1. The van der Waals surface area contributed by atoms with Crippen LogP contribution in [0.2, 0.25) is 0 Å². The second-order valence-corrected chi connectivity index (χ2v) is 5.30. The van der Waals surface area contributed by atoms with Gasteiger partial charge in [0.1, 0.15) is 0 Å². The molecule has 2 rings (SSSR count). The van der Waals surface area contributed by atoms with E-state index in [1.165, 1.54) is 16.7 Å². The van der Waals surface area contributed by atoms with E-state index in [9.17, 15) is 0 Å². The first-order valence-electron chi connectivity index (χ1n) is 7.22. The molecule has 0 heterocycles. The molecule has 0 aliphatic carbocycles. The zero-order valence-corrected chi connectivity index (χ0v) is 12.3. The molecule has 0 bridgehead atoms. The van der Waals surface area contributed by atoms with Gasteiger partial charge in [-0.05, 0) is 49.9 Å². The van der Waals surface area contributed by atoms with Crippen molar-refractivity contribution in [2.24, 2.45) is 0 Å². The van der Waals surface area contributed by atoms with Gasteiger partial charge in [-0.25, -0.2) is 0 Å². The lowest BCUT2D eigenvalue weighted by molar-refractivity contribution is 0.288. The molecule has 1 unspecified atom stereocenters. The van der Waals surface area contributed by atoms with Crippen molar-refractivity contribution in [1.82, 2.24) is 0 Å². The SMILES string of the molecule is Cc1ccc(C(C)Nc2cccc(CCCO)c2)cc1. The van der Waals surface area contributed by atoms with Gasteiger partial charge in [0.15, 0.2) is 0 Å². The molecule has 0 spiro atoms. The third-order valence-corrected chi connectivity index (χ3v) is 3.51. The fourth-order valence-electron chi connectivity index (χ4n) is 2.29. The highest BCUT2D eigenvalue weighted by Gasteiger charge is 2.05. The van der Waals surface area contributed by atoms with Crippen LogP contribution in [0.25, 0.3) is 0 Å². The zero-order chi connectivity index (χ0) is 14.4. The Morgan fingerprint density at radius 3 is 2.55 bits per heavy atom. The topological polar surface area (TPSA) is 32.3 Å². The van der Waals surface area contributed by atoms with Gasteiger partial charge >= 0.3 is 0 Å². The maximum atomic E-state index is 8.90. The van der Waals surface area contributed by atoms with Gasteiger partial charge < -0.3 is 10.4 Å². The lowest BCUT2D eigenvalue weighted by Crippen LogP contribution is -2.06. The van der Waals surface area contributed by atoms with Crippen molar-refractivity contribution in [1.29, 1.82) is 0 Å². The largest absolute Gasteiger partial charge is 0.396 e. The highest BCUT2D eigenvalue weighted by Crippen LogP contribution is 2.20. The number of aryl methyl sites for hydroxylation is 2. The molecule has 2 aromatic carbocycles. The smallest absolute Gasteiger partial charge is 0.0485 e. The normalized spacial score (nSPS) is 12.2. The number of nitrogens with one attached hydrogen (secondary N) is 1. The zero-order valence-electron chi connectivity index (χ0n) is 12.3. The Hall–Kier alpha value is -1.80. The summed E-state index contributed by atoms with van der Waals surface area (Å²) in [7, 11) is 0. The molecule has 0 amide bonds. The van der Waals surface area contributed by atoms with Crippen LogP contribution in [0.5, 0.6) is 0 Å². The molecule has 2 nitrogen and oxygen atoms in total. The van der Waals surface area contributed by atoms with E-state index < -0.39 is 0 Å². The maximum Gasteiger partial charge on any atom is 0.0485 e. The fraction of sp³-hybridized carbons (Fsp3) is 0.333. The molecule has 1 atom stereocenters. The average Bonchev–Trinajstić information content (AvgIpc) is 2.46. The summed E-state index contributed by atoms with van der Waals surface area (Å²) in [5, 5.41) is 12.4. The van der Waals surface area contributed by atoms with Crippen LogP contribution >= 0.6 is 0 Å². The molecule has 2 heteroatoms. The molecular formula is C18H23NO. The van der Waals surface area contributed by atoms with E-state index in [2.05, 4.69) is 67.7 Å². The number of rotatable bonds is 6. The van der Waals surface area contributed by atoms with E-state index in [4.69, 9.17) is 5.11 Å². The van der Waals surface area contributed by atoms with Gasteiger partial charge in [0, 0.05) is 18.3 Å². The Morgan fingerprint density at radius 1 is 1.10 bits per heavy atom. The molecule has 106 valence electrons. The lowest BCUT2D eigenvalue weighted by atomic mass is 10.1. The summed E-state index contributed by atoms with van der Waals surface area (Å²) in [6, 6.07) is 17.3. The molecule has 0 fully saturated rings. The van der Waals surface area contributed by atoms with Crippen LogP contribution in [0.1, 0.15) is 36.1 Å². The first-order valence-corrected chi connectivity index (χ1v) is 7.22. The third-order valence-electron chi connectivity index (χ3n) is 3.51. The van der Waals surface area contributed by atoms with Crippen LogP contribution in [0.3, 0.4) is 0 Å². The highest BCUT2D eigenvalue weighted by atomic mass is 16.2. The lowest BCUT2D eigenvalue weighted by Gasteiger charge is -2.16. The van der Waals surface area contributed by atoms with Gasteiger partial charge in [0.05, 0.1) is 0 Å². The summed E-state index contributed by atoms with van der Waals surface area (Å²) in [5.41, 5.74) is 4.97. The second kappa shape index (κ2) is 7.11. The Labute approximate surface area is 121 Å². The van der Waals surface area contributed by atoms with Crippen molar-refractivity contribution < 1.29 is 5.11 Å². The summed E-state index contributed by atoms with van der Waals surface area (Å²) >= 11 is 0. The van der Waals surface area contributed by atoms with Crippen molar-refractivity contribution in [2.75, 3.05) is 11.9 Å². The summed E-state index contributed by atoms with van der Waals surface area (Å²) in [5.74, 6) is 0. The Morgan fingerprint density at radius 2 is 1.85 bits per heavy atom. The Bertz CT molecular complexity index is 533. The minimum atomic E-state index is 0.247. The summed E-state index contributed by atoms with van der Waals surface area (Å²) in [6.45, 7) is 4.52. The van der Waals surface area contributed by atoms with Crippen LogP contribution in [-0.4, -0.2) is 11.7 Å². The molecule has 0 aromatic heterocycles. The van der Waals surface area contributed by atoms with Gasteiger partial charge in [0.25, 0.3) is 0 Å². The summed E-state index contributed by atoms with van der Waals surface area (Å²) < 4.78 is 0. The van der Waals surface area contributed by atoms with Gasteiger partial charge in [-0.2, -0.15) is 0 Å². The second-order valence-electron chi connectivity index (χ2n) is 5.30. The number of benzene rings is 2. The van der Waals surface area contributed by atoms with E-state index in [1.807, 2.05) is 0 Å². The predicted octanol–water partition coefficient (Wildman–Crippen LogP) is 4.09. The van der Waals surface area contributed by atoms with Gasteiger partial charge in [-0.3, -0.25) is 0 Å². The van der Waals surface area contributed by atoms with Crippen molar-refractivity contribution in [3.05, 3.63) is 65.2 Å². The molecule has 0 saturated carbocycles.